The molecule has 2 heterocycles. The van der Waals surface area contributed by atoms with Crippen molar-refractivity contribution < 1.29 is 9.18 Å². The van der Waals surface area contributed by atoms with Crippen LogP contribution in [0, 0.1) is 5.82 Å². The van der Waals surface area contributed by atoms with E-state index < -0.39 is 11.7 Å². The van der Waals surface area contributed by atoms with Crippen LogP contribution in [-0.4, -0.2) is 30.5 Å². The highest BCUT2D eigenvalue weighted by molar-refractivity contribution is 5.90. The second kappa shape index (κ2) is 7.25. The molecule has 7 nitrogen and oxygen atoms in total. The quantitative estimate of drug-likeness (QED) is 0.743. The number of nitrogens with zero attached hydrogens (tertiary/aromatic N) is 5. The molecule has 0 aliphatic heterocycles. The molecule has 25 heavy (non-hydrogen) atoms. The standard InChI is InChI=1S/C17H19FN6O/c1-3-6-15-21-16(17(25)19-9-12-10-20-23(2)11-12)22-24(15)14-8-5-4-7-13(14)18/h4-5,7-8,10-11H,3,6,9H2,1-2H3,(H,19,25). The molecule has 3 rings (SSSR count). The van der Waals surface area contributed by atoms with Gasteiger partial charge in [-0.2, -0.15) is 5.10 Å². The summed E-state index contributed by atoms with van der Waals surface area (Å²) in [6, 6.07) is 6.30. The van der Waals surface area contributed by atoms with Gasteiger partial charge in [-0.05, 0) is 18.6 Å². The Kier molecular flexibility index (Phi) is 4.87. The zero-order valence-corrected chi connectivity index (χ0v) is 14.1. The summed E-state index contributed by atoms with van der Waals surface area (Å²) in [4.78, 5) is 16.6. The van der Waals surface area contributed by atoms with E-state index in [1.165, 1.54) is 10.7 Å². The van der Waals surface area contributed by atoms with E-state index in [0.29, 0.717) is 18.8 Å². The van der Waals surface area contributed by atoms with Crippen LogP contribution >= 0.6 is 0 Å². The SMILES string of the molecule is CCCc1nc(C(=O)NCc2cnn(C)c2)nn1-c1ccccc1F. The van der Waals surface area contributed by atoms with Crippen molar-refractivity contribution in [2.75, 3.05) is 0 Å². The van der Waals surface area contributed by atoms with Crippen LogP contribution in [-0.2, 0) is 20.0 Å². The topological polar surface area (TPSA) is 77.6 Å². The van der Waals surface area contributed by atoms with Gasteiger partial charge in [0.05, 0.1) is 6.20 Å². The van der Waals surface area contributed by atoms with Crippen LogP contribution in [0.4, 0.5) is 4.39 Å². The highest BCUT2D eigenvalue weighted by atomic mass is 19.1. The van der Waals surface area contributed by atoms with E-state index in [0.717, 1.165) is 12.0 Å². The molecule has 1 N–H and O–H groups in total. The molecule has 0 unspecified atom stereocenters. The summed E-state index contributed by atoms with van der Waals surface area (Å²) in [7, 11) is 1.81. The van der Waals surface area contributed by atoms with Crippen molar-refractivity contribution >= 4 is 5.91 Å². The van der Waals surface area contributed by atoms with Gasteiger partial charge in [0, 0.05) is 31.8 Å². The van der Waals surface area contributed by atoms with Crippen molar-refractivity contribution in [3.8, 4) is 5.69 Å². The van der Waals surface area contributed by atoms with Crippen molar-refractivity contribution in [1.82, 2.24) is 29.9 Å². The lowest BCUT2D eigenvalue weighted by Gasteiger charge is -2.05. The molecular weight excluding hydrogens is 323 g/mol. The summed E-state index contributed by atoms with van der Waals surface area (Å²) < 4.78 is 17.1. The molecular formula is C17H19FN6O. The van der Waals surface area contributed by atoms with Gasteiger partial charge in [0.2, 0.25) is 5.82 Å². The molecule has 2 aromatic heterocycles. The summed E-state index contributed by atoms with van der Waals surface area (Å²) in [6.45, 7) is 2.31. The molecule has 130 valence electrons. The van der Waals surface area contributed by atoms with Crippen molar-refractivity contribution in [1.29, 1.82) is 0 Å². The van der Waals surface area contributed by atoms with Gasteiger partial charge < -0.3 is 5.32 Å². The molecule has 8 heteroatoms. The van der Waals surface area contributed by atoms with Gasteiger partial charge in [0.25, 0.3) is 5.91 Å². The first-order valence-corrected chi connectivity index (χ1v) is 8.05. The third-order valence-electron chi connectivity index (χ3n) is 3.64. The van der Waals surface area contributed by atoms with Crippen LogP contribution in [0.15, 0.2) is 36.7 Å². The van der Waals surface area contributed by atoms with Crippen LogP contribution in [0.3, 0.4) is 0 Å². The second-order valence-corrected chi connectivity index (χ2v) is 5.67. The summed E-state index contributed by atoms with van der Waals surface area (Å²) in [6.07, 6.45) is 4.89. The van der Waals surface area contributed by atoms with Crippen molar-refractivity contribution in [3.63, 3.8) is 0 Å². The average Bonchev–Trinajstić information content (AvgIpc) is 3.20. The lowest BCUT2D eigenvalue weighted by Crippen LogP contribution is -2.24. The second-order valence-electron chi connectivity index (χ2n) is 5.67. The molecule has 0 saturated carbocycles. The van der Waals surface area contributed by atoms with Crippen LogP contribution in [0.5, 0.6) is 0 Å². The fourth-order valence-electron chi connectivity index (χ4n) is 2.47. The number of rotatable bonds is 6. The number of para-hydroxylation sites is 1. The van der Waals surface area contributed by atoms with Crippen LogP contribution in [0.25, 0.3) is 5.69 Å². The zero-order valence-electron chi connectivity index (χ0n) is 14.1. The first kappa shape index (κ1) is 16.8. The minimum absolute atomic E-state index is 0.0237. The Hall–Kier alpha value is -3.03. The third-order valence-corrected chi connectivity index (χ3v) is 3.64. The first-order chi connectivity index (χ1) is 12.1. The molecule has 1 aromatic carbocycles. The minimum atomic E-state index is -0.410. The maximum absolute atomic E-state index is 14.1. The van der Waals surface area contributed by atoms with Gasteiger partial charge in [-0.15, -0.1) is 5.10 Å². The number of hydrogen-bond donors (Lipinski definition) is 1. The number of carbonyl (C=O) groups excluding carboxylic acids is 1. The predicted octanol–water partition coefficient (Wildman–Crippen LogP) is 2.02. The Bertz CT molecular complexity index is 885. The largest absolute Gasteiger partial charge is 0.345 e. The Morgan fingerprint density at radius 2 is 2.12 bits per heavy atom. The van der Waals surface area contributed by atoms with E-state index in [1.807, 2.05) is 13.1 Å². The van der Waals surface area contributed by atoms with Crippen LogP contribution in [0.2, 0.25) is 0 Å². The smallest absolute Gasteiger partial charge is 0.291 e. The highest BCUT2D eigenvalue weighted by Gasteiger charge is 2.18. The average molecular weight is 342 g/mol. The molecule has 0 spiro atoms. The number of hydrogen-bond acceptors (Lipinski definition) is 4. The normalized spacial score (nSPS) is 10.8. The van der Waals surface area contributed by atoms with Crippen LogP contribution < -0.4 is 5.32 Å². The highest BCUT2D eigenvalue weighted by Crippen LogP contribution is 2.15. The van der Waals surface area contributed by atoms with Crippen molar-refractivity contribution in [2.45, 2.75) is 26.3 Å². The van der Waals surface area contributed by atoms with Gasteiger partial charge >= 0.3 is 0 Å². The van der Waals surface area contributed by atoms with Gasteiger partial charge in [-0.3, -0.25) is 9.48 Å². The van der Waals surface area contributed by atoms with Gasteiger partial charge in [0.1, 0.15) is 17.3 Å². The Morgan fingerprint density at radius 3 is 2.80 bits per heavy atom. The molecule has 0 fully saturated rings. The number of halogens is 1. The molecule has 3 aromatic rings. The number of amides is 1. The molecule has 1 amide bonds. The summed E-state index contributed by atoms with van der Waals surface area (Å²) in [5, 5.41) is 11.0. The van der Waals surface area contributed by atoms with Crippen molar-refractivity contribution in [2.24, 2.45) is 7.05 Å². The summed E-state index contributed by atoms with van der Waals surface area (Å²) in [5.74, 6) is -0.238. The number of carbonyl (C=O) groups is 1. The summed E-state index contributed by atoms with van der Waals surface area (Å²) in [5.41, 5.74) is 1.16. The maximum atomic E-state index is 14.1. The third kappa shape index (κ3) is 3.73. The zero-order chi connectivity index (χ0) is 17.8. The van der Waals surface area contributed by atoms with E-state index in [-0.39, 0.29) is 11.5 Å². The van der Waals surface area contributed by atoms with E-state index in [1.54, 1.807) is 36.1 Å². The maximum Gasteiger partial charge on any atom is 0.291 e. The number of aryl methyl sites for hydroxylation is 2. The lowest BCUT2D eigenvalue weighted by molar-refractivity contribution is 0.0940. The predicted molar refractivity (Wildman–Crippen MR) is 89.7 cm³/mol. The lowest BCUT2D eigenvalue weighted by atomic mass is 10.3. The van der Waals surface area contributed by atoms with Crippen LogP contribution in [0.1, 0.15) is 35.4 Å². The first-order valence-electron chi connectivity index (χ1n) is 8.05. The van der Waals surface area contributed by atoms with E-state index in [2.05, 4.69) is 20.5 Å². The summed E-state index contributed by atoms with van der Waals surface area (Å²) >= 11 is 0. The van der Waals surface area contributed by atoms with E-state index in [9.17, 15) is 9.18 Å². The monoisotopic (exact) mass is 342 g/mol. The van der Waals surface area contributed by atoms with E-state index in [4.69, 9.17) is 0 Å². The van der Waals surface area contributed by atoms with Crippen molar-refractivity contribution in [3.05, 3.63) is 59.7 Å². The number of benzene rings is 1. The Morgan fingerprint density at radius 1 is 1.32 bits per heavy atom. The Labute approximate surface area is 144 Å². The number of aromatic nitrogens is 5. The Balaban J connectivity index is 1.83. The number of nitrogens with one attached hydrogen (secondary N) is 1. The van der Waals surface area contributed by atoms with Gasteiger partial charge in [-0.25, -0.2) is 14.1 Å². The molecule has 0 aliphatic carbocycles. The molecule has 0 saturated heterocycles. The fourth-order valence-corrected chi connectivity index (χ4v) is 2.47. The van der Waals surface area contributed by atoms with Gasteiger partial charge in [0.15, 0.2) is 0 Å². The molecule has 0 radical (unpaired) electrons. The molecule has 0 atom stereocenters. The minimum Gasteiger partial charge on any atom is -0.345 e. The van der Waals surface area contributed by atoms with E-state index >= 15 is 0 Å². The molecule has 0 aliphatic rings. The fraction of sp³-hybridized carbons (Fsp3) is 0.294. The molecule has 0 bridgehead atoms. The van der Waals surface area contributed by atoms with Gasteiger partial charge in [-0.1, -0.05) is 19.1 Å².